The Kier molecular flexibility index (Phi) is 8.86. The van der Waals surface area contributed by atoms with Gasteiger partial charge in [-0.15, -0.1) is 0 Å². The van der Waals surface area contributed by atoms with Gasteiger partial charge in [0, 0.05) is 10.9 Å². The number of ether oxygens (including phenoxy) is 2. The summed E-state index contributed by atoms with van der Waals surface area (Å²) in [5.41, 5.74) is 1.28. The number of halogens is 2. The third kappa shape index (κ3) is 5.78. The van der Waals surface area contributed by atoms with Crippen molar-refractivity contribution in [1.29, 1.82) is 0 Å². The molecule has 6 nitrogen and oxygen atoms in total. The smallest absolute Gasteiger partial charge is 0.282 e. The quantitative estimate of drug-likeness (QED) is 0.162. The highest BCUT2D eigenvalue weighted by molar-refractivity contribution is 14.1. The van der Waals surface area contributed by atoms with Gasteiger partial charge in [0.25, 0.3) is 5.56 Å². The van der Waals surface area contributed by atoms with Gasteiger partial charge < -0.3 is 9.47 Å². The number of benzene rings is 2. The lowest BCUT2D eigenvalue weighted by atomic mass is 10.2. The van der Waals surface area contributed by atoms with Crippen LogP contribution in [0.5, 0.6) is 11.5 Å². The Balaban J connectivity index is 2.07. The highest BCUT2D eigenvalue weighted by Gasteiger charge is 2.13. The first-order valence-corrected chi connectivity index (χ1v) is 12.3. The van der Waals surface area contributed by atoms with Crippen molar-refractivity contribution in [2.45, 2.75) is 33.1 Å². The molecule has 0 spiro atoms. The fraction of sp³-hybridized carbons (Fsp3) is 0.292. The minimum absolute atomic E-state index is 0.190. The summed E-state index contributed by atoms with van der Waals surface area (Å²) in [4.78, 5) is 17.9. The van der Waals surface area contributed by atoms with E-state index in [0.717, 1.165) is 26.4 Å². The lowest BCUT2D eigenvalue weighted by Gasteiger charge is -2.14. The molecule has 1 heterocycles. The van der Waals surface area contributed by atoms with Crippen molar-refractivity contribution in [2.75, 3.05) is 13.2 Å². The highest BCUT2D eigenvalue weighted by atomic mass is 127. The summed E-state index contributed by atoms with van der Waals surface area (Å²) < 4.78 is 14.6. The van der Waals surface area contributed by atoms with Crippen LogP contribution < -0.4 is 15.0 Å². The van der Waals surface area contributed by atoms with Gasteiger partial charge in [0.2, 0.25) is 0 Å². The lowest BCUT2D eigenvalue weighted by Crippen LogP contribution is -2.22. The standard InChI is InChI=1S/C24H25BrIN3O3/c1-4-7-8-22-28-20-10-9-17(25)14-18(20)24(30)29(22)27-15-16-12-19(26)23(32-11-5-2)21(13-16)31-6-3/h5,9-10,12-15H,2,4,6-8,11H2,1,3H3. The summed E-state index contributed by atoms with van der Waals surface area (Å²) in [6.07, 6.45) is 5.94. The maximum absolute atomic E-state index is 13.2. The molecule has 0 bridgehead atoms. The first-order valence-electron chi connectivity index (χ1n) is 10.4. The van der Waals surface area contributed by atoms with Crippen LogP contribution in [0.2, 0.25) is 0 Å². The molecule has 0 atom stereocenters. The second kappa shape index (κ2) is 11.6. The SMILES string of the molecule is C=CCOc1c(I)cc(C=Nn2c(CCCC)nc3ccc(Br)cc3c2=O)cc1OCC. The average molecular weight is 610 g/mol. The van der Waals surface area contributed by atoms with E-state index in [4.69, 9.17) is 14.5 Å². The molecule has 0 saturated carbocycles. The van der Waals surface area contributed by atoms with Crippen molar-refractivity contribution in [3.8, 4) is 11.5 Å². The Labute approximate surface area is 209 Å². The number of nitrogens with zero attached hydrogens (tertiary/aromatic N) is 3. The molecule has 0 N–H and O–H groups in total. The molecule has 0 radical (unpaired) electrons. The van der Waals surface area contributed by atoms with Gasteiger partial charge >= 0.3 is 0 Å². The van der Waals surface area contributed by atoms with E-state index in [0.29, 0.717) is 47.9 Å². The minimum atomic E-state index is -0.190. The second-order valence-corrected chi connectivity index (χ2v) is 9.10. The predicted molar refractivity (Wildman–Crippen MR) is 141 cm³/mol. The highest BCUT2D eigenvalue weighted by Crippen LogP contribution is 2.34. The monoisotopic (exact) mass is 609 g/mol. The van der Waals surface area contributed by atoms with Crippen molar-refractivity contribution in [1.82, 2.24) is 9.66 Å². The van der Waals surface area contributed by atoms with Crippen LogP contribution in [-0.2, 0) is 6.42 Å². The Morgan fingerprint density at radius 2 is 2.06 bits per heavy atom. The number of hydrogen-bond acceptors (Lipinski definition) is 5. The molecule has 0 aliphatic rings. The number of fused-ring (bicyclic) bond motifs is 1. The third-order valence-electron chi connectivity index (χ3n) is 4.63. The molecule has 2 aromatic carbocycles. The molecular formula is C24H25BrIN3O3. The molecule has 0 aliphatic carbocycles. The summed E-state index contributed by atoms with van der Waals surface area (Å²) in [5.74, 6) is 1.94. The first-order chi connectivity index (χ1) is 15.5. The maximum Gasteiger partial charge on any atom is 0.282 e. The number of aromatic nitrogens is 2. The molecular weight excluding hydrogens is 585 g/mol. The van der Waals surface area contributed by atoms with Gasteiger partial charge in [-0.25, -0.2) is 4.98 Å². The van der Waals surface area contributed by atoms with Crippen molar-refractivity contribution >= 4 is 55.6 Å². The molecule has 0 unspecified atom stereocenters. The van der Waals surface area contributed by atoms with E-state index in [2.05, 4.69) is 57.1 Å². The van der Waals surface area contributed by atoms with Gasteiger partial charge in [0.05, 0.1) is 27.3 Å². The van der Waals surface area contributed by atoms with Crippen LogP contribution in [-0.4, -0.2) is 29.1 Å². The fourth-order valence-corrected chi connectivity index (χ4v) is 4.28. The Morgan fingerprint density at radius 1 is 1.25 bits per heavy atom. The summed E-state index contributed by atoms with van der Waals surface area (Å²) in [7, 11) is 0. The van der Waals surface area contributed by atoms with Crippen LogP contribution in [0.3, 0.4) is 0 Å². The molecule has 168 valence electrons. The topological polar surface area (TPSA) is 65.7 Å². The zero-order valence-electron chi connectivity index (χ0n) is 18.1. The Morgan fingerprint density at radius 3 is 2.78 bits per heavy atom. The van der Waals surface area contributed by atoms with E-state index in [1.165, 1.54) is 4.68 Å². The predicted octanol–water partition coefficient (Wildman–Crippen LogP) is 5.95. The second-order valence-electron chi connectivity index (χ2n) is 7.02. The van der Waals surface area contributed by atoms with Crippen LogP contribution in [0.1, 0.15) is 38.1 Å². The van der Waals surface area contributed by atoms with Gasteiger partial charge in [0.1, 0.15) is 12.4 Å². The maximum atomic E-state index is 13.2. The lowest BCUT2D eigenvalue weighted by molar-refractivity contribution is 0.295. The Bertz CT molecular complexity index is 1210. The van der Waals surface area contributed by atoms with Gasteiger partial charge in [-0.3, -0.25) is 4.79 Å². The van der Waals surface area contributed by atoms with E-state index in [-0.39, 0.29) is 5.56 Å². The van der Waals surface area contributed by atoms with Gasteiger partial charge in [-0.1, -0.05) is 41.9 Å². The van der Waals surface area contributed by atoms with Crippen LogP contribution in [0.25, 0.3) is 10.9 Å². The van der Waals surface area contributed by atoms with E-state index in [9.17, 15) is 4.79 Å². The number of hydrogen-bond donors (Lipinski definition) is 0. The fourth-order valence-electron chi connectivity index (χ4n) is 3.14. The van der Waals surface area contributed by atoms with E-state index in [1.54, 1.807) is 18.4 Å². The number of unbranched alkanes of at least 4 members (excludes halogenated alkanes) is 1. The molecule has 3 aromatic rings. The summed E-state index contributed by atoms with van der Waals surface area (Å²) in [6.45, 7) is 8.62. The molecule has 32 heavy (non-hydrogen) atoms. The van der Waals surface area contributed by atoms with Crippen molar-refractivity contribution in [3.05, 3.63) is 72.8 Å². The molecule has 0 aliphatic heterocycles. The molecule has 0 saturated heterocycles. The van der Waals surface area contributed by atoms with Gasteiger partial charge in [-0.05, 0) is 71.8 Å². The minimum Gasteiger partial charge on any atom is -0.490 e. The summed E-state index contributed by atoms with van der Waals surface area (Å²) in [5, 5.41) is 5.05. The van der Waals surface area contributed by atoms with Crippen LogP contribution in [0, 0.1) is 3.57 Å². The summed E-state index contributed by atoms with van der Waals surface area (Å²) >= 11 is 5.64. The first kappa shape index (κ1) is 24.4. The van der Waals surface area contributed by atoms with E-state index in [1.807, 2.05) is 31.2 Å². The van der Waals surface area contributed by atoms with Crippen molar-refractivity contribution in [3.63, 3.8) is 0 Å². The zero-order valence-corrected chi connectivity index (χ0v) is 21.8. The van der Waals surface area contributed by atoms with Gasteiger partial charge in [-0.2, -0.15) is 9.78 Å². The summed E-state index contributed by atoms with van der Waals surface area (Å²) in [6, 6.07) is 9.31. The van der Waals surface area contributed by atoms with E-state index >= 15 is 0 Å². The largest absolute Gasteiger partial charge is 0.490 e. The molecule has 0 fully saturated rings. The normalized spacial score (nSPS) is 11.2. The average Bonchev–Trinajstić information content (AvgIpc) is 2.77. The number of aryl methyl sites for hydroxylation is 1. The molecule has 3 rings (SSSR count). The zero-order chi connectivity index (χ0) is 23.1. The molecule has 1 aromatic heterocycles. The number of rotatable bonds is 10. The molecule has 0 amide bonds. The van der Waals surface area contributed by atoms with Gasteiger partial charge in [0.15, 0.2) is 11.5 Å². The van der Waals surface area contributed by atoms with Crippen LogP contribution >= 0.6 is 38.5 Å². The molecule has 8 heteroatoms. The van der Waals surface area contributed by atoms with Crippen molar-refractivity contribution < 1.29 is 9.47 Å². The van der Waals surface area contributed by atoms with E-state index < -0.39 is 0 Å². The van der Waals surface area contributed by atoms with Crippen LogP contribution in [0.15, 0.2) is 57.4 Å². The Hall–Kier alpha value is -2.20. The van der Waals surface area contributed by atoms with Crippen molar-refractivity contribution in [2.24, 2.45) is 5.10 Å². The van der Waals surface area contributed by atoms with Crippen LogP contribution in [0.4, 0.5) is 0 Å². The third-order valence-corrected chi connectivity index (χ3v) is 5.92.